The first-order valence-electron chi connectivity index (χ1n) is 8.26. The van der Waals surface area contributed by atoms with Gasteiger partial charge >= 0.3 is 5.97 Å². The van der Waals surface area contributed by atoms with Crippen LogP contribution in [0.3, 0.4) is 0 Å². The van der Waals surface area contributed by atoms with Gasteiger partial charge in [0.2, 0.25) is 5.78 Å². The summed E-state index contributed by atoms with van der Waals surface area (Å²) in [4.78, 5) is 41.2. The van der Waals surface area contributed by atoms with Crippen molar-refractivity contribution in [3.05, 3.63) is 75.6 Å². The number of benzene rings is 2. The number of carbonyl (C=O) groups is 2. The molecule has 1 aromatic heterocycles. The van der Waals surface area contributed by atoms with Gasteiger partial charge in [0.25, 0.3) is 5.56 Å². The third-order valence-electron chi connectivity index (χ3n) is 4.24. The van der Waals surface area contributed by atoms with Crippen molar-refractivity contribution in [2.45, 2.75) is 6.92 Å². The number of esters is 1. The van der Waals surface area contributed by atoms with Crippen LogP contribution >= 0.6 is 0 Å². The van der Waals surface area contributed by atoms with Crippen LogP contribution in [-0.4, -0.2) is 27.9 Å². The molecule has 134 valence electrons. The van der Waals surface area contributed by atoms with Gasteiger partial charge in [-0.2, -0.15) is 0 Å². The second-order valence-corrected chi connectivity index (χ2v) is 5.93. The lowest BCUT2D eigenvalue weighted by molar-refractivity contribution is -0.137. The van der Waals surface area contributed by atoms with Crippen molar-refractivity contribution < 1.29 is 18.7 Å². The molecule has 0 fully saturated rings. The maximum atomic E-state index is 13.5. The molecule has 1 aliphatic rings. The minimum atomic E-state index is -0.557. The molecule has 2 heterocycles. The van der Waals surface area contributed by atoms with Gasteiger partial charge in [0.05, 0.1) is 28.8 Å². The van der Waals surface area contributed by atoms with E-state index in [2.05, 4.69) is 4.98 Å². The summed E-state index contributed by atoms with van der Waals surface area (Å²) in [6, 6.07) is 8.53. The molecular formula is C20H13FN2O4. The Kier molecular flexibility index (Phi) is 3.92. The summed E-state index contributed by atoms with van der Waals surface area (Å²) in [7, 11) is 0. The zero-order valence-electron chi connectivity index (χ0n) is 14.2. The fourth-order valence-electron chi connectivity index (χ4n) is 3.04. The van der Waals surface area contributed by atoms with E-state index in [9.17, 15) is 18.8 Å². The maximum absolute atomic E-state index is 13.5. The molecule has 0 unspecified atom stereocenters. The number of halogens is 1. The van der Waals surface area contributed by atoms with Crippen LogP contribution in [0.15, 0.2) is 47.3 Å². The van der Waals surface area contributed by atoms with E-state index in [0.717, 1.165) is 6.07 Å². The van der Waals surface area contributed by atoms with Gasteiger partial charge < -0.3 is 4.74 Å². The zero-order valence-corrected chi connectivity index (χ0v) is 14.2. The normalized spacial score (nSPS) is 12.4. The Labute approximate surface area is 152 Å². The van der Waals surface area contributed by atoms with E-state index >= 15 is 0 Å². The summed E-state index contributed by atoms with van der Waals surface area (Å²) in [6.45, 7) is 1.98. The standard InChI is InChI=1S/C20H13FN2O4/c1-2-27-17(24)8-4-11-3-6-15-13(9-11)20(26)23-16-7-5-12(21)10-14(16)18(25)19(23)22-15/h3-10H,2H2,1H3/b8-4+. The van der Waals surface area contributed by atoms with Crippen LogP contribution < -0.4 is 5.56 Å². The maximum Gasteiger partial charge on any atom is 0.330 e. The van der Waals surface area contributed by atoms with Crippen molar-refractivity contribution in [1.29, 1.82) is 0 Å². The number of fused-ring (bicyclic) bond motifs is 4. The van der Waals surface area contributed by atoms with Gasteiger partial charge in [0.15, 0.2) is 5.82 Å². The fraction of sp³-hybridized carbons (Fsp3) is 0.100. The highest BCUT2D eigenvalue weighted by Crippen LogP contribution is 2.27. The molecule has 7 heteroatoms. The number of aromatic nitrogens is 2. The Morgan fingerprint density at radius 1 is 1.22 bits per heavy atom. The second-order valence-electron chi connectivity index (χ2n) is 5.93. The molecule has 0 N–H and O–H groups in total. The lowest BCUT2D eigenvalue weighted by atomic mass is 10.1. The third kappa shape index (κ3) is 2.73. The molecule has 1 aliphatic heterocycles. The zero-order chi connectivity index (χ0) is 19.1. The van der Waals surface area contributed by atoms with Crippen molar-refractivity contribution >= 4 is 28.7 Å². The Bertz CT molecular complexity index is 1210. The minimum Gasteiger partial charge on any atom is -0.463 e. The van der Waals surface area contributed by atoms with Crippen molar-refractivity contribution in [3.63, 3.8) is 0 Å². The van der Waals surface area contributed by atoms with Crippen LogP contribution in [0.2, 0.25) is 0 Å². The number of rotatable bonds is 3. The van der Waals surface area contributed by atoms with Gasteiger partial charge in [-0.1, -0.05) is 6.07 Å². The molecule has 0 bridgehead atoms. The van der Waals surface area contributed by atoms with E-state index in [-0.39, 0.29) is 23.4 Å². The molecule has 0 saturated carbocycles. The van der Waals surface area contributed by atoms with Gasteiger partial charge in [-0.25, -0.2) is 14.2 Å². The van der Waals surface area contributed by atoms with Gasteiger partial charge in [-0.15, -0.1) is 0 Å². The lowest BCUT2D eigenvalue weighted by Gasteiger charge is -2.06. The largest absolute Gasteiger partial charge is 0.463 e. The Morgan fingerprint density at radius 3 is 2.81 bits per heavy atom. The second kappa shape index (κ2) is 6.28. The minimum absolute atomic E-state index is 0.0390. The molecular weight excluding hydrogens is 351 g/mol. The SMILES string of the molecule is CCOC(=O)/C=C/c1ccc2nc3n(c(=O)c2c1)-c1ccc(F)cc1C3=O. The van der Waals surface area contributed by atoms with Crippen LogP contribution in [0.25, 0.3) is 22.7 Å². The molecule has 0 amide bonds. The number of nitrogens with zero attached hydrogens (tertiary/aromatic N) is 2. The summed E-state index contributed by atoms with van der Waals surface area (Å²) in [5.41, 5.74) is 0.945. The smallest absolute Gasteiger partial charge is 0.330 e. The number of ketones is 1. The average Bonchev–Trinajstić information content (AvgIpc) is 2.93. The van der Waals surface area contributed by atoms with Crippen LogP contribution in [0.4, 0.5) is 4.39 Å². The Hall–Kier alpha value is -3.61. The monoisotopic (exact) mass is 364 g/mol. The molecule has 0 radical (unpaired) electrons. The van der Waals surface area contributed by atoms with Gasteiger partial charge in [-0.3, -0.25) is 14.2 Å². The molecule has 6 nitrogen and oxygen atoms in total. The fourth-order valence-corrected chi connectivity index (χ4v) is 3.04. The van der Waals surface area contributed by atoms with E-state index in [4.69, 9.17) is 4.74 Å². The van der Waals surface area contributed by atoms with E-state index in [0.29, 0.717) is 16.8 Å². The number of hydrogen-bond acceptors (Lipinski definition) is 5. The van der Waals surface area contributed by atoms with Crippen molar-refractivity contribution in [2.75, 3.05) is 6.61 Å². The Balaban J connectivity index is 1.87. The highest BCUT2D eigenvalue weighted by Gasteiger charge is 2.30. The first kappa shape index (κ1) is 16.8. The Morgan fingerprint density at radius 2 is 2.04 bits per heavy atom. The van der Waals surface area contributed by atoms with Crippen molar-refractivity contribution in [3.8, 4) is 5.69 Å². The summed E-state index contributed by atoms with van der Waals surface area (Å²) in [5, 5.41) is 0.287. The van der Waals surface area contributed by atoms with Crippen molar-refractivity contribution in [2.24, 2.45) is 0 Å². The van der Waals surface area contributed by atoms with Crippen LogP contribution in [0.5, 0.6) is 0 Å². The number of ether oxygens (including phenoxy) is 1. The van der Waals surface area contributed by atoms with E-state index < -0.39 is 23.1 Å². The van der Waals surface area contributed by atoms with Gasteiger partial charge in [0, 0.05) is 6.08 Å². The first-order chi connectivity index (χ1) is 13.0. The highest BCUT2D eigenvalue weighted by molar-refractivity contribution is 6.13. The number of hydrogen-bond donors (Lipinski definition) is 0. The summed E-state index contributed by atoms with van der Waals surface area (Å²) in [6.07, 6.45) is 2.80. The van der Waals surface area contributed by atoms with Gasteiger partial charge in [0.1, 0.15) is 5.82 Å². The topological polar surface area (TPSA) is 78.3 Å². The van der Waals surface area contributed by atoms with Crippen molar-refractivity contribution in [1.82, 2.24) is 9.55 Å². The molecule has 0 saturated heterocycles. The van der Waals surface area contributed by atoms with Crippen LogP contribution in [0, 0.1) is 5.82 Å². The molecule has 0 atom stereocenters. The summed E-state index contributed by atoms with van der Waals surface area (Å²) in [5.74, 6) is -1.57. The first-order valence-corrected chi connectivity index (χ1v) is 8.26. The predicted molar refractivity (Wildman–Crippen MR) is 96.4 cm³/mol. The van der Waals surface area contributed by atoms with Crippen LogP contribution in [-0.2, 0) is 9.53 Å². The lowest BCUT2D eigenvalue weighted by Crippen LogP contribution is -2.21. The molecule has 3 aromatic rings. The molecule has 2 aromatic carbocycles. The van der Waals surface area contributed by atoms with E-state index in [1.807, 2.05) is 0 Å². The molecule has 0 spiro atoms. The average molecular weight is 364 g/mol. The van der Waals surface area contributed by atoms with Gasteiger partial charge in [-0.05, 0) is 48.9 Å². The summed E-state index contributed by atoms with van der Waals surface area (Å²) < 4.78 is 19.5. The number of carbonyl (C=O) groups excluding carboxylic acids is 2. The van der Waals surface area contributed by atoms with Crippen LogP contribution in [0.1, 0.15) is 28.7 Å². The molecule has 0 aliphatic carbocycles. The third-order valence-corrected chi connectivity index (χ3v) is 4.24. The molecule has 4 rings (SSSR count). The highest BCUT2D eigenvalue weighted by atomic mass is 19.1. The predicted octanol–water partition coefficient (Wildman–Crippen LogP) is 2.65. The van der Waals surface area contributed by atoms with E-state index in [1.54, 1.807) is 25.1 Å². The molecule has 27 heavy (non-hydrogen) atoms. The summed E-state index contributed by atoms with van der Waals surface area (Å²) >= 11 is 0. The van der Waals surface area contributed by atoms with E-state index in [1.165, 1.54) is 28.9 Å². The quantitative estimate of drug-likeness (QED) is 0.413.